The molecule has 7 atom stereocenters. The molecular formula is C23H38O5. The van der Waals surface area contributed by atoms with Gasteiger partial charge in [0.25, 0.3) is 0 Å². The van der Waals surface area contributed by atoms with Crippen molar-refractivity contribution in [2.45, 2.75) is 83.0 Å². The maximum absolute atomic E-state index is 11.4. The third-order valence-corrected chi connectivity index (χ3v) is 6.32. The smallest absolute Gasteiger partial charge is 0.308 e. The molecule has 2 saturated carbocycles. The molecule has 0 aliphatic heterocycles. The Bertz CT molecular complexity index is 553. The molecule has 0 aromatic rings. The number of carbonyl (C=O) groups is 1. The number of hydrogen-bond acceptors (Lipinski definition) is 5. The minimum Gasteiger partial charge on any atom is -0.469 e. The Labute approximate surface area is 169 Å². The molecule has 0 bridgehead atoms. The van der Waals surface area contributed by atoms with Crippen LogP contribution in [0.1, 0.15) is 65.2 Å². The van der Waals surface area contributed by atoms with Crippen LogP contribution in [0.5, 0.6) is 0 Å². The van der Waals surface area contributed by atoms with Crippen LogP contribution >= 0.6 is 0 Å². The zero-order valence-electron chi connectivity index (χ0n) is 17.6. The molecule has 0 amide bonds. The lowest BCUT2D eigenvalue weighted by Crippen LogP contribution is -2.24. The molecule has 0 spiro atoms. The summed E-state index contributed by atoms with van der Waals surface area (Å²) < 4.78 is 4.77. The first-order valence-corrected chi connectivity index (χ1v) is 10.8. The highest BCUT2D eigenvalue weighted by Gasteiger charge is 2.43. The van der Waals surface area contributed by atoms with E-state index in [1.807, 2.05) is 6.08 Å². The second kappa shape index (κ2) is 10.6. The highest BCUT2D eigenvalue weighted by atomic mass is 16.5. The van der Waals surface area contributed by atoms with Gasteiger partial charge < -0.3 is 20.1 Å². The van der Waals surface area contributed by atoms with Crippen LogP contribution in [-0.4, -0.2) is 46.2 Å². The molecule has 0 heterocycles. The molecule has 2 fully saturated rings. The van der Waals surface area contributed by atoms with Crippen LogP contribution in [0.3, 0.4) is 0 Å². The van der Waals surface area contributed by atoms with Crippen LogP contribution in [-0.2, 0) is 9.53 Å². The van der Waals surface area contributed by atoms with Crippen molar-refractivity contribution in [2.75, 3.05) is 7.11 Å². The van der Waals surface area contributed by atoms with E-state index >= 15 is 0 Å². The van der Waals surface area contributed by atoms with Crippen LogP contribution in [0.25, 0.3) is 0 Å². The molecule has 0 aromatic heterocycles. The molecule has 28 heavy (non-hydrogen) atoms. The molecule has 160 valence electrons. The Morgan fingerprint density at radius 2 is 1.86 bits per heavy atom. The number of hydrogen-bond donors (Lipinski definition) is 3. The van der Waals surface area contributed by atoms with Crippen molar-refractivity contribution in [1.29, 1.82) is 0 Å². The van der Waals surface area contributed by atoms with Crippen molar-refractivity contribution in [3.63, 3.8) is 0 Å². The summed E-state index contributed by atoms with van der Waals surface area (Å²) in [6.07, 6.45) is 13.4. The van der Waals surface area contributed by atoms with Crippen molar-refractivity contribution < 1.29 is 24.9 Å². The monoisotopic (exact) mass is 394 g/mol. The predicted molar refractivity (Wildman–Crippen MR) is 110 cm³/mol. The van der Waals surface area contributed by atoms with Crippen LogP contribution in [0.2, 0.25) is 0 Å². The summed E-state index contributed by atoms with van der Waals surface area (Å²) in [5.74, 6) is 0.0883. The summed E-state index contributed by atoms with van der Waals surface area (Å²) in [7, 11) is 1.43. The fraction of sp³-hybridized carbons (Fsp3) is 0.783. The zero-order chi connectivity index (χ0) is 20.7. The van der Waals surface area contributed by atoms with Crippen LogP contribution in [0.15, 0.2) is 24.3 Å². The van der Waals surface area contributed by atoms with E-state index in [0.29, 0.717) is 25.2 Å². The largest absolute Gasteiger partial charge is 0.469 e. The van der Waals surface area contributed by atoms with E-state index in [1.54, 1.807) is 13.0 Å². The topological polar surface area (TPSA) is 87.0 Å². The number of ether oxygens (including phenoxy) is 1. The van der Waals surface area contributed by atoms with Gasteiger partial charge in [-0.3, -0.25) is 4.79 Å². The third-order valence-electron chi connectivity index (χ3n) is 6.32. The van der Waals surface area contributed by atoms with E-state index in [2.05, 4.69) is 19.1 Å². The Balaban J connectivity index is 1.85. The minimum absolute atomic E-state index is 0.0409. The summed E-state index contributed by atoms with van der Waals surface area (Å²) in [5.41, 5.74) is -0.877. The van der Waals surface area contributed by atoms with Crippen molar-refractivity contribution >= 4 is 5.97 Å². The third kappa shape index (κ3) is 6.71. The first-order chi connectivity index (χ1) is 13.3. The molecule has 2 aliphatic rings. The van der Waals surface area contributed by atoms with E-state index in [1.165, 1.54) is 7.11 Å². The molecule has 2 rings (SSSR count). The van der Waals surface area contributed by atoms with Crippen molar-refractivity contribution in [1.82, 2.24) is 0 Å². The van der Waals surface area contributed by atoms with E-state index in [4.69, 9.17) is 4.74 Å². The first-order valence-electron chi connectivity index (χ1n) is 10.8. The number of carbonyl (C=O) groups excluding carboxylic acids is 1. The molecule has 2 aliphatic carbocycles. The fourth-order valence-corrected chi connectivity index (χ4v) is 4.31. The normalized spacial score (nSPS) is 34.8. The van der Waals surface area contributed by atoms with Gasteiger partial charge in [0, 0.05) is 12.3 Å². The van der Waals surface area contributed by atoms with Crippen molar-refractivity contribution in [3.05, 3.63) is 24.3 Å². The van der Waals surface area contributed by atoms with Gasteiger partial charge in [0.2, 0.25) is 0 Å². The Hall–Kier alpha value is -1.17. The van der Waals surface area contributed by atoms with Gasteiger partial charge in [-0.25, -0.2) is 0 Å². The maximum atomic E-state index is 11.4. The number of aliphatic hydroxyl groups excluding tert-OH is 2. The van der Waals surface area contributed by atoms with E-state index in [9.17, 15) is 20.1 Å². The first kappa shape index (κ1) is 23.1. The van der Waals surface area contributed by atoms with Crippen LogP contribution in [0.4, 0.5) is 0 Å². The van der Waals surface area contributed by atoms with E-state index in [-0.39, 0.29) is 23.7 Å². The van der Waals surface area contributed by atoms with Crippen LogP contribution < -0.4 is 0 Å². The van der Waals surface area contributed by atoms with Gasteiger partial charge in [-0.05, 0) is 44.4 Å². The average molecular weight is 395 g/mol. The summed E-state index contributed by atoms with van der Waals surface area (Å²) in [6, 6.07) is 0. The lowest BCUT2D eigenvalue weighted by Gasteiger charge is -2.23. The molecule has 0 aromatic carbocycles. The SMILES string of the molecule is CCCCC[C@@](C)(O)/C=C/[C@@H]1[C@@H](C/C=C\C[C@@H]2C[C@H]2C(=O)OC)[C@@H](O)C[C@H]1O. The van der Waals surface area contributed by atoms with Gasteiger partial charge in [-0.2, -0.15) is 0 Å². The van der Waals surface area contributed by atoms with E-state index < -0.39 is 17.8 Å². The number of esters is 1. The van der Waals surface area contributed by atoms with Gasteiger partial charge in [0.05, 0.1) is 30.8 Å². The van der Waals surface area contributed by atoms with Crippen molar-refractivity contribution in [3.8, 4) is 0 Å². The van der Waals surface area contributed by atoms with Gasteiger partial charge in [-0.15, -0.1) is 0 Å². The highest BCUT2D eigenvalue weighted by molar-refractivity contribution is 5.75. The molecule has 0 radical (unpaired) electrons. The van der Waals surface area contributed by atoms with Crippen molar-refractivity contribution in [2.24, 2.45) is 23.7 Å². The predicted octanol–water partition coefficient (Wildman–Crippen LogP) is 3.38. The Kier molecular flexibility index (Phi) is 8.72. The van der Waals surface area contributed by atoms with Gasteiger partial charge in [-0.1, -0.05) is 50.5 Å². The molecule has 0 unspecified atom stereocenters. The second-order valence-electron chi connectivity index (χ2n) is 8.85. The minimum atomic E-state index is -0.877. The number of allylic oxidation sites excluding steroid dienone is 2. The quantitative estimate of drug-likeness (QED) is 0.284. The average Bonchev–Trinajstić information content (AvgIpc) is 3.36. The fourth-order valence-electron chi connectivity index (χ4n) is 4.31. The highest BCUT2D eigenvalue weighted by Crippen LogP contribution is 2.42. The number of aliphatic hydroxyl groups is 3. The molecule has 5 heteroatoms. The lowest BCUT2D eigenvalue weighted by molar-refractivity contribution is -0.142. The summed E-state index contributed by atoms with van der Waals surface area (Å²) in [4.78, 5) is 11.4. The van der Waals surface area contributed by atoms with E-state index in [0.717, 1.165) is 32.1 Å². The van der Waals surface area contributed by atoms with Gasteiger partial charge in [0.15, 0.2) is 0 Å². The maximum Gasteiger partial charge on any atom is 0.308 e. The summed E-state index contributed by atoms with van der Waals surface area (Å²) in [6.45, 7) is 3.94. The zero-order valence-corrected chi connectivity index (χ0v) is 17.6. The standard InChI is InChI=1S/C23H38O5/c1-4-5-8-12-23(2,27)13-11-18-17(20(24)15-21(18)25)10-7-6-9-16-14-19(16)22(26)28-3/h6-7,11,13,16-21,24-25,27H,4-5,8-10,12,14-15H2,1-3H3/b7-6-,13-11+/t16-,17-,18-,19-,20+,21-,23-/m1/s1. The molecular weight excluding hydrogens is 356 g/mol. The molecule has 3 N–H and O–H groups in total. The second-order valence-corrected chi connectivity index (χ2v) is 8.85. The van der Waals surface area contributed by atoms with Gasteiger partial charge in [0.1, 0.15) is 0 Å². The van der Waals surface area contributed by atoms with Crippen LogP contribution in [0, 0.1) is 23.7 Å². The lowest BCUT2D eigenvalue weighted by atomic mass is 9.88. The number of rotatable bonds is 11. The Morgan fingerprint density at radius 3 is 2.54 bits per heavy atom. The molecule has 5 nitrogen and oxygen atoms in total. The molecule has 0 saturated heterocycles. The Morgan fingerprint density at radius 1 is 1.14 bits per heavy atom. The number of unbranched alkanes of at least 4 members (excludes halogenated alkanes) is 2. The summed E-state index contributed by atoms with van der Waals surface area (Å²) in [5, 5.41) is 31.2. The number of methoxy groups -OCH3 is 1. The summed E-state index contributed by atoms with van der Waals surface area (Å²) >= 11 is 0. The van der Waals surface area contributed by atoms with Gasteiger partial charge >= 0.3 is 5.97 Å².